The van der Waals surface area contributed by atoms with Crippen molar-refractivity contribution in [1.82, 2.24) is 9.13 Å². The standard InChI is InChI=1S/C64H57BN2/c1-61(2,3)34-24-26-50-44(28-34)46-30-36(63(7,8)9)32-48-57(46)66(50)59-53-42-20-15-13-18-38(42)40-22-17-23-41-39-19-14-16-21-43(39)54(55(53)52(40)41)60-56(59)65(48)49-33-37(64(10,11)12)31-47-45-29-35(62(4,5)6)25-27-51(45)67(60)58(47)49/h13-33H,1-12H3. The molecular formula is C64H57BN2. The molecule has 0 bridgehead atoms. The Morgan fingerprint density at radius 1 is 0.313 bits per heavy atom. The average Bonchev–Trinajstić information content (AvgIpc) is 3.80. The highest BCUT2D eigenvalue weighted by Gasteiger charge is 2.45. The molecule has 10 aromatic carbocycles. The molecule has 2 aromatic heterocycles. The largest absolute Gasteiger partial charge is 0.310 e. The van der Waals surface area contributed by atoms with Crippen LogP contribution < -0.4 is 16.4 Å². The lowest BCUT2D eigenvalue weighted by molar-refractivity contribution is 0.590. The molecule has 0 unspecified atom stereocenters. The van der Waals surface area contributed by atoms with Crippen LogP contribution in [0.2, 0.25) is 0 Å². The highest BCUT2D eigenvalue weighted by molar-refractivity contribution is 7.01. The van der Waals surface area contributed by atoms with Crippen LogP contribution in [0.5, 0.6) is 0 Å². The van der Waals surface area contributed by atoms with Crippen LogP contribution in [0.4, 0.5) is 0 Å². The van der Waals surface area contributed by atoms with Gasteiger partial charge in [-0.2, -0.15) is 0 Å². The van der Waals surface area contributed by atoms with E-state index >= 15 is 0 Å². The SMILES string of the molecule is CC(C)(C)c1ccc2c(c1)c1cc(C(C)(C)C)cc3c1n2-c1c2c(c4c5ccccc5c5cccc6c7ccccc7c1c4c65)-n1c4ccc(C(C)(C)C)cc4c4cc(C(C)(C)C)cc(c41)B23. The molecule has 67 heavy (non-hydrogen) atoms. The molecule has 4 heterocycles. The Morgan fingerprint density at radius 3 is 1.07 bits per heavy atom. The number of rotatable bonds is 0. The Morgan fingerprint density at radius 2 is 0.672 bits per heavy atom. The molecule has 0 saturated heterocycles. The van der Waals surface area contributed by atoms with Crippen LogP contribution in [0, 0.1) is 0 Å². The summed E-state index contributed by atoms with van der Waals surface area (Å²) in [6.07, 6.45) is 0. The Balaban J connectivity index is 1.36. The predicted octanol–water partition coefficient (Wildman–Crippen LogP) is 15.4. The lowest BCUT2D eigenvalue weighted by atomic mass is 9.33. The van der Waals surface area contributed by atoms with Crippen molar-refractivity contribution in [3.8, 4) is 11.4 Å². The molecule has 0 atom stereocenters. The first-order chi connectivity index (χ1) is 31.8. The second-order valence-corrected chi connectivity index (χ2v) is 24.5. The van der Waals surface area contributed by atoms with E-state index in [1.54, 1.807) is 0 Å². The topological polar surface area (TPSA) is 9.86 Å². The lowest BCUT2D eigenvalue weighted by Gasteiger charge is -2.37. The van der Waals surface area contributed by atoms with Gasteiger partial charge < -0.3 is 9.13 Å². The Bertz CT molecular complexity index is 3970. The number of nitrogens with zero attached hydrogens (tertiary/aromatic N) is 2. The van der Waals surface area contributed by atoms with Gasteiger partial charge in [-0.05, 0) is 134 Å². The second-order valence-electron chi connectivity index (χ2n) is 24.5. The summed E-state index contributed by atoms with van der Waals surface area (Å²) in [7, 11) is 0. The molecule has 2 aliphatic rings. The van der Waals surface area contributed by atoms with Crippen molar-refractivity contribution in [3.05, 3.63) is 150 Å². The van der Waals surface area contributed by atoms with E-state index in [4.69, 9.17) is 0 Å². The summed E-state index contributed by atoms with van der Waals surface area (Å²) in [5, 5.41) is 18.8. The van der Waals surface area contributed by atoms with Crippen LogP contribution in [-0.4, -0.2) is 15.8 Å². The maximum atomic E-state index is 2.76. The van der Waals surface area contributed by atoms with Crippen molar-refractivity contribution in [2.75, 3.05) is 0 Å². The first kappa shape index (κ1) is 39.6. The van der Waals surface area contributed by atoms with Crippen LogP contribution >= 0.6 is 0 Å². The highest BCUT2D eigenvalue weighted by Crippen LogP contribution is 2.52. The summed E-state index contributed by atoms with van der Waals surface area (Å²) in [5.41, 5.74) is 17.6. The van der Waals surface area contributed by atoms with Gasteiger partial charge in [-0.25, -0.2) is 0 Å². The van der Waals surface area contributed by atoms with Crippen molar-refractivity contribution in [2.24, 2.45) is 0 Å². The third-order valence-electron chi connectivity index (χ3n) is 16.4. The molecule has 12 aromatic rings. The third kappa shape index (κ3) is 4.93. The number of aromatic nitrogens is 2. The molecule has 0 amide bonds. The van der Waals surface area contributed by atoms with E-state index < -0.39 is 0 Å². The Hall–Kier alpha value is -6.58. The lowest BCUT2D eigenvalue weighted by Crippen LogP contribution is -2.60. The summed E-state index contributed by atoms with van der Waals surface area (Å²) in [5.74, 6) is 0. The second kappa shape index (κ2) is 12.3. The van der Waals surface area contributed by atoms with E-state index in [1.807, 2.05) is 0 Å². The number of hydrogen-bond donors (Lipinski definition) is 0. The van der Waals surface area contributed by atoms with Gasteiger partial charge in [0.15, 0.2) is 0 Å². The average molecular weight is 865 g/mol. The zero-order valence-electron chi connectivity index (χ0n) is 41.1. The molecule has 2 aliphatic heterocycles. The van der Waals surface area contributed by atoms with Gasteiger partial charge in [0.1, 0.15) is 0 Å². The fourth-order valence-corrected chi connectivity index (χ4v) is 12.9. The maximum Gasteiger partial charge on any atom is 0.252 e. The highest BCUT2D eigenvalue weighted by atomic mass is 15.0. The van der Waals surface area contributed by atoms with Crippen LogP contribution in [0.25, 0.3) is 109 Å². The normalized spacial score (nSPS) is 14.2. The smallest absolute Gasteiger partial charge is 0.252 e. The molecule has 0 fully saturated rings. The van der Waals surface area contributed by atoms with Crippen LogP contribution in [0.3, 0.4) is 0 Å². The molecule has 0 saturated carbocycles. The summed E-state index contributed by atoms with van der Waals surface area (Å²) >= 11 is 0. The number of benzene rings is 10. The van der Waals surface area contributed by atoms with E-state index in [0.717, 1.165) is 0 Å². The minimum Gasteiger partial charge on any atom is -0.310 e. The van der Waals surface area contributed by atoms with E-state index in [2.05, 4.69) is 220 Å². The first-order valence-electron chi connectivity index (χ1n) is 24.6. The summed E-state index contributed by atoms with van der Waals surface area (Å²) in [4.78, 5) is 0. The van der Waals surface area contributed by atoms with Gasteiger partial charge in [0.25, 0.3) is 6.71 Å². The molecule has 0 spiro atoms. The monoisotopic (exact) mass is 864 g/mol. The maximum absolute atomic E-state index is 2.76. The molecule has 2 nitrogen and oxygen atoms in total. The van der Waals surface area contributed by atoms with Crippen LogP contribution in [0.15, 0.2) is 127 Å². The fraction of sp³-hybridized carbons (Fsp3) is 0.250. The minimum absolute atomic E-state index is 0.00224. The van der Waals surface area contributed by atoms with Gasteiger partial charge in [-0.15, -0.1) is 0 Å². The first-order valence-corrected chi connectivity index (χ1v) is 24.6. The fourth-order valence-electron chi connectivity index (χ4n) is 12.9. The number of hydrogen-bond acceptors (Lipinski definition) is 0. The van der Waals surface area contributed by atoms with Crippen molar-refractivity contribution in [1.29, 1.82) is 0 Å². The molecule has 0 radical (unpaired) electrons. The molecule has 326 valence electrons. The van der Waals surface area contributed by atoms with Crippen molar-refractivity contribution < 1.29 is 0 Å². The zero-order chi connectivity index (χ0) is 46.2. The van der Waals surface area contributed by atoms with Crippen molar-refractivity contribution in [3.63, 3.8) is 0 Å². The number of fused-ring (bicyclic) bond motifs is 18. The van der Waals surface area contributed by atoms with Gasteiger partial charge >= 0.3 is 0 Å². The minimum atomic E-state index is -0.0702. The van der Waals surface area contributed by atoms with E-state index in [-0.39, 0.29) is 28.4 Å². The molecular weight excluding hydrogens is 808 g/mol. The van der Waals surface area contributed by atoms with Crippen molar-refractivity contribution in [2.45, 2.75) is 105 Å². The van der Waals surface area contributed by atoms with Gasteiger partial charge in [-0.3, -0.25) is 0 Å². The van der Waals surface area contributed by atoms with Crippen LogP contribution in [-0.2, 0) is 21.7 Å². The zero-order valence-corrected chi connectivity index (χ0v) is 41.1. The summed E-state index contributed by atoms with van der Waals surface area (Å²) in [6, 6.07) is 50.9. The quantitative estimate of drug-likeness (QED) is 0.0817. The molecule has 0 N–H and O–H groups in total. The predicted molar refractivity (Wildman–Crippen MR) is 293 cm³/mol. The Labute approximate surface area is 393 Å². The van der Waals surface area contributed by atoms with Crippen LogP contribution in [0.1, 0.15) is 105 Å². The van der Waals surface area contributed by atoms with Crippen molar-refractivity contribution >= 4 is 121 Å². The van der Waals surface area contributed by atoms with Gasteiger partial charge in [0.2, 0.25) is 0 Å². The van der Waals surface area contributed by atoms with E-state index in [1.165, 1.54) is 147 Å². The Kier molecular flexibility index (Phi) is 7.27. The van der Waals surface area contributed by atoms with E-state index in [0.29, 0.717) is 0 Å². The summed E-state index contributed by atoms with van der Waals surface area (Å²) < 4.78 is 5.52. The van der Waals surface area contributed by atoms with Gasteiger partial charge in [0, 0.05) is 48.7 Å². The van der Waals surface area contributed by atoms with Gasteiger partial charge in [-0.1, -0.05) is 174 Å². The summed E-state index contributed by atoms with van der Waals surface area (Å²) in [6.45, 7) is 28.5. The van der Waals surface area contributed by atoms with Gasteiger partial charge in [0.05, 0.1) is 22.4 Å². The third-order valence-corrected chi connectivity index (χ3v) is 16.4. The molecule has 0 aliphatic carbocycles. The molecule has 14 rings (SSSR count). The van der Waals surface area contributed by atoms with E-state index in [9.17, 15) is 0 Å². The molecule has 3 heteroatoms.